The molecule has 1 aromatic heterocycles. The maximum absolute atomic E-state index is 13.0. The quantitative estimate of drug-likeness (QED) is 0.594. The van der Waals surface area contributed by atoms with Gasteiger partial charge in [0.2, 0.25) is 26.0 Å². The first-order chi connectivity index (χ1) is 14.9. The first kappa shape index (κ1) is 24.3. The van der Waals surface area contributed by atoms with Crippen LogP contribution in [0.1, 0.15) is 31.2 Å². The van der Waals surface area contributed by atoms with Gasteiger partial charge in [0.15, 0.2) is 5.76 Å². The summed E-state index contributed by atoms with van der Waals surface area (Å²) < 4.78 is 73.0. The largest absolute Gasteiger partial charge is 0.360 e. The zero-order chi connectivity index (χ0) is 23.7. The molecule has 0 saturated carbocycles. The number of likely N-dealkylation sites (tertiary alicyclic amines) is 1. The minimum absolute atomic E-state index is 0.0419. The Morgan fingerprint density at radius 2 is 1.72 bits per heavy atom. The lowest BCUT2D eigenvalue weighted by Crippen LogP contribution is -2.52. The molecule has 0 aliphatic carbocycles. The van der Waals surface area contributed by atoms with Crippen molar-refractivity contribution in [2.75, 3.05) is 13.1 Å². The highest BCUT2D eigenvalue weighted by atomic mass is 32.2. The molecule has 1 amide bonds. The second-order valence-corrected chi connectivity index (χ2v) is 11.0. The van der Waals surface area contributed by atoms with Crippen LogP contribution in [0.5, 0.6) is 0 Å². The first-order valence-corrected chi connectivity index (χ1v) is 12.9. The van der Waals surface area contributed by atoms with Crippen LogP contribution in [0, 0.1) is 19.7 Å². The highest BCUT2D eigenvalue weighted by Gasteiger charge is 2.32. The number of rotatable bonds is 7. The molecule has 1 atom stereocenters. The van der Waals surface area contributed by atoms with E-state index in [2.05, 4.69) is 14.6 Å². The van der Waals surface area contributed by atoms with E-state index in [0.29, 0.717) is 12.8 Å². The molecule has 1 saturated heterocycles. The second-order valence-electron chi connectivity index (χ2n) is 7.67. The number of halogens is 1. The van der Waals surface area contributed by atoms with Crippen LogP contribution in [0.25, 0.3) is 0 Å². The van der Waals surface area contributed by atoms with Crippen LogP contribution in [-0.2, 0) is 24.8 Å². The van der Waals surface area contributed by atoms with Crippen molar-refractivity contribution in [2.24, 2.45) is 0 Å². The summed E-state index contributed by atoms with van der Waals surface area (Å²) in [6.07, 6.45) is 0.713. The zero-order valence-corrected chi connectivity index (χ0v) is 19.5. The molecule has 2 aromatic rings. The lowest BCUT2D eigenvalue weighted by Gasteiger charge is -2.33. The molecule has 3 rings (SSSR count). The predicted molar refractivity (Wildman–Crippen MR) is 112 cm³/mol. The zero-order valence-electron chi connectivity index (χ0n) is 17.8. The van der Waals surface area contributed by atoms with Gasteiger partial charge < -0.3 is 9.42 Å². The second kappa shape index (κ2) is 9.25. The van der Waals surface area contributed by atoms with E-state index in [1.54, 1.807) is 0 Å². The number of nitrogens with zero attached hydrogens (tertiary/aromatic N) is 2. The monoisotopic (exact) mass is 488 g/mol. The molecule has 2 heterocycles. The van der Waals surface area contributed by atoms with Gasteiger partial charge in [-0.25, -0.2) is 25.9 Å². The maximum Gasteiger partial charge on any atom is 0.246 e. The number of aromatic nitrogens is 1. The number of amides is 1. The minimum Gasteiger partial charge on any atom is -0.360 e. The van der Waals surface area contributed by atoms with E-state index in [1.807, 2.05) is 0 Å². The summed E-state index contributed by atoms with van der Waals surface area (Å²) in [7, 11) is -7.82. The summed E-state index contributed by atoms with van der Waals surface area (Å²) >= 11 is 0. The van der Waals surface area contributed by atoms with Gasteiger partial charge >= 0.3 is 0 Å². The number of piperidine rings is 1. The third kappa shape index (κ3) is 5.34. The average molecular weight is 489 g/mol. The van der Waals surface area contributed by atoms with Crippen molar-refractivity contribution in [3.8, 4) is 0 Å². The SMILES string of the molecule is Cc1noc(C)c1S(=O)(=O)N[C@@H](C)C(=O)N1CCC(NS(=O)(=O)c2ccc(F)cc2)CC1. The fourth-order valence-electron chi connectivity index (χ4n) is 3.59. The molecule has 1 aromatic carbocycles. The molecule has 13 heteroatoms. The van der Waals surface area contributed by atoms with Crippen molar-refractivity contribution in [1.82, 2.24) is 19.5 Å². The first-order valence-electron chi connectivity index (χ1n) is 9.92. The Kier molecular flexibility index (Phi) is 7.03. The Hall–Kier alpha value is -2.35. The van der Waals surface area contributed by atoms with Crippen molar-refractivity contribution in [3.05, 3.63) is 41.5 Å². The fraction of sp³-hybridized carbons (Fsp3) is 0.474. The Morgan fingerprint density at radius 3 is 2.25 bits per heavy atom. The third-order valence-electron chi connectivity index (χ3n) is 5.19. The van der Waals surface area contributed by atoms with Crippen LogP contribution in [0.3, 0.4) is 0 Å². The van der Waals surface area contributed by atoms with Gasteiger partial charge in [-0.3, -0.25) is 4.79 Å². The predicted octanol–water partition coefficient (Wildman–Crippen LogP) is 1.07. The molecule has 0 bridgehead atoms. The summed E-state index contributed by atoms with van der Waals surface area (Å²) in [5.74, 6) is -0.820. The standard InChI is InChI=1S/C19H25FN4O6S2/c1-12-18(14(3)30-21-12)32(28,29)22-13(2)19(25)24-10-8-16(9-11-24)23-31(26,27)17-6-4-15(20)5-7-17/h4-7,13,16,22-23H,8-11H2,1-3H3/t13-/m0/s1. The van der Waals surface area contributed by atoms with Crippen LogP contribution in [0.4, 0.5) is 4.39 Å². The normalized spacial score (nSPS) is 16.8. The lowest BCUT2D eigenvalue weighted by atomic mass is 10.1. The number of sulfonamides is 2. The number of hydrogen-bond donors (Lipinski definition) is 2. The van der Waals surface area contributed by atoms with E-state index >= 15 is 0 Å². The molecule has 10 nitrogen and oxygen atoms in total. The van der Waals surface area contributed by atoms with Crippen LogP contribution < -0.4 is 9.44 Å². The Balaban J connectivity index is 1.57. The van der Waals surface area contributed by atoms with Crippen molar-refractivity contribution < 1.29 is 30.5 Å². The van der Waals surface area contributed by atoms with E-state index in [1.165, 1.54) is 37.8 Å². The summed E-state index contributed by atoms with van der Waals surface area (Å²) in [6, 6.07) is 3.08. The van der Waals surface area contributed by atoms with Crippen LogP contribution in [0.2, 0.25) is 0 Å². The Bertz CT molecular complexity index is 1170. The van der Waals surface area contributed by atoms with E-state index in [4.69, 9.17) is 4.52 Å². The average Bonchev–Trinajstić information content (AvgIpc) is 3.06. The Labute approximate surface area is 186 Å². The van der Waals surface area contributed by atoms with E-state index in [-0.39, 0.29) is 34.3 Å². The maximum atomic E-state index is 13.0. The molecule has 1 aliphatic rings. The molecule has 0 radical (unpaired) electrons. The van der Waals surface area contributed by atoms with Crippen molar-refractivity contribution in [1.29, 1.82) is 0 Å². The van der Waals surface area contributed by atoms with Crippen molar-refractivity contribution in [2.45, 2.75) is 55.5 Å². The molecule has 1 fully saturated rings. The number of carbonyl (C=O) groups is 1. The summed E-state index contributed by atoms with van der Waals surface area (Å²) in [4.78, 5) is 14.1. The number of nitrogens with one attached hydrogen (secondary N) is 2. The molecule has 2 N–H and O–H groups in total. The molecular formula is C19H25FN4O6S2. The van der Waals surface area contributed by atoms with Gasteiger partial charge in [0, 0.05) is 19.1 Å². The van der Waals surface area contributed by atoms with E-state index in [0.717, 1.165) is 12.1 Å². The third-order valence-corrected chi connectivity index (χ3v) is 8.51. The minimum atomic E-state index is -4.00. The molecule has 1 aliphatic heterocycles. The lowest BCUT2D eigenvalue weighted by molar-refractivity contribution is -0.133. The summed E-state index contributed by atoms with van der Waals surface area (Å²) in [5, 5.41) is 3.62. The van der Waals surface area contributed by atoms with E-state index in [9.17, 15) is 26.0 Å². The Morgan fingerprint density at radius 1 is 1.12 bits per heavy atom. The van der Waals surface area contributed by atoms with Crippen LogP contribution >= 0.6 is 0 Å². The van der Waals surface area contributed by atoms with Crippen LogP contribution in [0.15, 0.2) is 38.6 Å². The van der Waals surface area contributed by atoms with Crippen molar-refractivity contribution in [3.63, 3.8) is 0 Å². The molecule has 0 unspecified atom stereocenters. The fourth-order valence-corrected chi connectivity index (χ4v) is 6.42. The van der Waals surface area contributed by atoms with Gasteiger partial charge in [-0.2, -0.15) is 4.72 Å². The van der Waals surface area contributed by atoms with Gasteiger partial charge in [-0.15, -0.1) is 0 Å². The smallest absolute Gasteiger partial charge is 0.246 e. The number of carbonyl (C=O) groups excluding carboxylic acids is 1. The van der Waals surface area contributed by atoms with E-state index < -0.39 is 43.9 Å². The van der Waals surface area contributed by atoms with Gasteiger partial charge in [0.1, 0.15) is 16.4 Å². The van der Waals surface area contributed by atoms with Crippen molar-refractivity contribution >= 4 is 26.0 Å². The van der Waals surface area contributed by atoms with Gasteiger partial charge in [-0.05, 0) is 57.9 Å². The highest BCUT2D eigenvalue weighted by Crippen LogP contribution is 2.20. The molecular weight excluding hydrogens is 463 g/mol. The number of aryl methyl sites for hydroxylation is 2. The number of hydrogen-bond acceptors (Lipinski definition) is 7. The number of benzene rings is 1. The van der Waals surface area contributed by atoms with Gasteiger partial charge in [0.25, 0.3) is 0 Å². The van der Waals surface area contributed by atoms with Gasteiger partial charge in [-0.1, -0.05) is 5.16 Å². The van der Waals surface area contributed by atoms with Gasteiger partial charge in [0.05, 0.1) is 10.9 Å². The topological polar surface area (TPSA) is 139 Å². The summed E-state index contributed by atoms with van der Waals surface area (Å²) in [5.41, 5.74) is 0.198. The molecule has 32 heavy (non-hydrogen) atoms. The molecule has 176 valence electrons. The van der Waals surface area contributed by atoms with Crippen LogP contribution in [-0.4, -0.2) is 58.0 Å². The highest BCUT2D eigenvalue weighted by molar-refractivity contribution is 7.89. The summed E-state index contributed by atoms with van der Waals surface area (Å²) in [6.45, 7) is 4.93. The molecule has 0 spiro atoms.